The van der Waals surface area contributed by atoms with Crippen molar-refractivity contribution in [2.24, 2.45) is 4.99 Å². The van der Waals surface area contributed by atoms with Crippen molar-refractivity contribution in [2.45, 2.75) is 24.3 Å². The molecule has 0 amide bonds. The molecule has 0 saturated carbocycles. The first kappa shape index (κ1) is 21.0. The minimum atomic E-state index is -3.92. The second-order valence-electron chi connectivity index (χ2n) is 5.88. The second-order valence-corrected chi connectivity index (χ2v) is 8.55. The summed E-state index contributed by atoms with van der Waals surface area (Å²) in [6.45, 7) is 1.86. The Morgan fingerprint density at radius 3 is 2.33 bits per heavy atom. The molecule has 0 aliphatic rings. The van der Waals surface area contributed by atoms with Gasteiger partial charge in [0.05, 0.1) is 16.9 Å². The third-order valence-corrected chi connectivity index (χ3v) is 5.76. The second kappa shape index (κ2) is 9.57. The average molecular weight is 406 g/mol. The van der Waals surface area contributed by atoms with E-state index in [-0.39, 0.29) is 17.2 Å². The number of carboxylic acids is 1. The highest BCUT2D eigenvalue weighted by atomic mass is 32.2. The van der Waals surface area contributed by atoms with Crippen molar-refractivity contribution < 1.29 is 18.3 Å². The van der Waals surface area contributed by atoms with Crippen LogP contribution in [0.2, 0.25) is 0 Å². The highest BCUT2D eigenvalue weighted by molar-refractivity contribution is 7.98. The molecule has 0 radical (unpaired) electrons. The average Bonchev–Trinajstić information content (AvgIpc) is 2.65. The lowest BCUT2D eigenvalue weighted by Crippen LogP contribution is -2.38. The Morgan fingerprint density at radius 2 is 1.78 bits per heavy atom. The Hall–Kier alpha value is -2.32. The van der Waals surface area contributed by atoms with Crippen LogP contribution in [0.4, 0.5) is 0 Å². The molecular weight excluding hydrogens is 384 g/mol. The van der Waals surface area contributed by atoms with Gasteiger partial charge in [-0.2, -0.15) is 11.8 Å². The molecule has 8 heteroatoms. The van der Waals surface area contributed by atoms with Crippen molar-refractivity contribution in [2.75, 3.05) is 12.0 Å². The van der Waals surface area contributed by atoms with Gasteiger partial charge in [-0.3, -0.25) is 9.71 Å². The van der Waals surface area contributed by atoms with Crippen molar-refractivity contribution in [3.05, 3.63) is 65.7 Å². The van der Waals surface area contributed by atoms with Crippen molar-refractivity contribution in [1.82, 2.24) is 4.72 Å². The van der Waals surface area contributed by atoms with E-state index in [1.54, 1.807) is 42.5 Å². The fraction of sp³-hybridized carbons (Fsp3) is 0.263. The summed E-state index contributed by atoms with van der Waals surface area (Å²) in [6.07, 6.45) is 2.10. The van der Waals surface area contributed by atoms with Gasteiger partial charge < -0.3 is 9.90 Å². The quantitative estimate of drug-likeness (QED) is 0.531. The fourth-order valence-electron chi connectivity index (χ4n) is 2.28. The van der Waals surface area contributed by atoms with E-state index in [1.807, 2.05) is 13.2 Å². The number of aliphatic imine (C=N–C) groups is 1. The predicted octanol–water partition coefficient (Wildman–Crippen LogP) is 1.59. The monoisotopic (exact) mass is 405 g/mol. The number of benzene rings is 2. The summed E-state index contributed by atoms with van der Waals surface area (Å²) < 4.78 is 27.9. The first-order chi connectivity index (χ1) is 12.8. The normalized spacial score (nSPS) is 13.2. The number of hydrogen-bond acceptors (Lipinski definition) is 6. The molecule has 144 valence electrons. The number of carboxylic acid groups (broad SMARTS) is 1. The van der Waals surface area contributed by atoms with Gasteiger partial charge in [-0.25, -0.2) is 8.42 Å². The maximum atomic E-state index is 12.7. The van der Waals surface area contributed by atoms with Crippen molar-refractivity contribution in [3.8, 4) is 0 Å². The van der Waals surface area contributed by atoms with Crippen molar-refractivity contribution in [1.29, 1.82) is 0 Å². The summed E-state index contributed by atoms with van der Waals surface area (Å²) in [7, 11) is -3.92. The minimum absolute atomic E-state index is 0.0218. The molecule has 2 aromatic carbocycles. The highest BCUT2D eigenvalue weighted by Gasteiger charge is 2.19. The van der Waals surface area contributed by atoms with Crippen LogP contribution in [0, 0.1) is 6.92 Å². The van der Waals surface area contributed by atoms with E-state index < -0.39 is 22.0 Å². The Balaban J connectivity index is 2.42. The molecule has 6 nitrogen and oxygen atoms in total. The van der Waals surface area contributed by atoms with Gasteiger partial charge in [0.25, 0.3) is 10.0 Å². The summed E-state index contributed by atoms with van der Waals surface area (Å²) in [4.78, 5) is 15.7. The number of aliphatic carboxylic acids is 1. The van der Waals surface area contributed by atoms with Crippen LogP contribution in [-0.4, -0.2) is 38.3 Å². The molecule has 0 heterocycles. The van der Waals surface area contributed by atoms with Gasteiger partial charge in [0.1, 0.15) is 5.84 Å². The molecule has 0 aliphatic carbocycles. The lowest BCUT2D eigenvalue weighted by Gasteiger charge is -2.17. The zero-order chi connectivity index (χ0) is 19.9. The van der Waals surface area contributed by atoms with Crippen LogP contribution in [0.1, 0.15) is 17.5 Å². The van der Waals surface area contributed by atoms with Gasteiger partial charge in [0, 0.05) is 5.56 Å². The predicted molar refractivity (Wildman–Crippen MR) is 106 cm³/mol. The topological polar surface area (TPSA) is 98.7 Å². The largest absolute Gasteiger partial charge is 0.548 e. The number of nitrogens with one attached hydrogen (secondary N) is 1. The van der Waals surface area contributed by atoms with Crippen LogP contribution < -0.4 is 9.83 Å². The maximum Gasteiger partial charge on any atom is 0.263 e. The van der Waals surface area contributed by atoms with Crippen LogP contribution in [0.3, 0.4) is 0 Å². The molecule has 0 aromatic heterocycles. The third kappa shape index (κ3) is 6.11. The molecule has 0 aliphatic heterocycles. The molecule has 1 atom stereocenters. The van der Waals surface area contributed by atoms with Crippen LogP contribution >= 0.6 is 11.8 Å². The maximum absolute atomic E-state index is 12.7. The summed E-state index contributed by atoms with van der Waals surface area (Å²) >= 11 is 1.48. The Labute approximate surface area is 163 Å². The SMILES string of the molecule is CSCC[C@H](N=C(NS(=O)(=O)c1ccc(C)cc1)c1ccccc1)C(=O)[O-]. The molecule has 0 unspecified atom stereocenters. The number of thioether (sulfide) groups is 1. The zero-order valence-corrected chi connectivity index (χ0v) is 16.7. The van der Waals surface area contributed by atoms with Gasteiger partial charge in [-0.05, 0) is 37.5 Å². The summed E-state index contributed by atoms with van der Waals surface area (Å²) in [5.41, 5.74) is 1.41. The molecule has 0 saturated heterocycles. The number of sulfonamides is 1. The van der Waals surface area contributed by atoms with Crippen molar-refractivity contribution in [3.63, 3.8) is 0 Å². The first-order valence-corrected chi connectivity index (χ1v) is 11.1. The molecular formula is C19H21N2O4S2-. The first-order valence-electron chi connectivity index (χ1n) is 8.26. The molecule has 0 fully saturated rings. The molecule has 1 N–H and O–H groups in total. The number of rotatable bonds is 8. The number of aryl methyl sites for hydroxylation is 1. The Bertz CT molecular complexity index is 895. The fourth-order valence-corrected chi connectivity index (χ4v) is 3.78. The standard InChI is InChI=1S/C19H22N2O4S2/c1-14-8-10-16(11-9-14)27(24,25)21-18(15-6-4-3-5-7-15)20-17(19(22)23)12-13-26-2/h3-11,17H,12-13H2,1-2H3,(H,20,21)(H,22,23)/p-1/t17-/m0/s1. The summed E-state index contributed by atoms with van der Waals surface area (Å²) in [5.74, 6) is -0.798. The molecule has 27 heavy (non-hydrogen) atoms. The molecule has 2 rings (SSSR count). The molecule has 2 aromatic rings. The van der Waals surface area contributed by atoms with E-state index in [2.05, 4.69) is 9.71 Å². The van der Waals surface area contributed by atoms with E-state index in [4.69, 9.17) is 0 Å². The van der Waals surface area contributed by atoms with Crippen LogP contribution in [0.15, 0.2) is 64.5 Å². The zero-order valence-electron chi connectivity index (χ0n) is 15.1. The third-order valence-electron chi connectivity index (χ3n) is 3.76. The summed E-state index contributed by atoms with van der Waals surface area (Å²) in [5, 5.41) is 11.4. The van der Waals surface area contributed by atoms with E-state index in [9.17, 15) is 18.3 Å². The van der Waals surface area contributed by atoms with E-state index in [0.717, 1.165) is 5.56 Å². The lowest BCUT2D eigenvalue weighted by molar-refractivity contribution is -0.307. The van der Waals surface area contributed by atoms with E-state index in [0.29, 0.717) is 11.3 Å². The lowest BCUT2D eigenvalue weighted by atomic mass is 10.2. The molecule has 0 spiro atoms. The van der Waals surface area contributed by atoms with Gasteiger partial charge >= 0.3 is 0 Å². The van der Waals surface area contributed by atoms with Gasteiger partial charge in [-0.1, -0.05) is 48.0 Å². The number of hydrogen-bond donors (Lipinski definition) is 1. The number of nitrogens with zero attached hydrogens (tertiary/aromatic N) is 1. The smallest absolute Gasteiger partial charge is 0.263 e. The highest BCUT2D eigenvalue weighted by Crippen LogP contribution is 2.13. The number of carbonyl (C=O) groups excluding carboxylic acids is 1. The van der Waals surface area contributed by atoms with Gasteiger partial charge in [0.15, 0.2) is 0 Å². The Morgan fingerprint density at radius 1 is 1.15 bits per heavy atom. The van der Waals surface area contributed by atoms with Gasteiger partial charge in [-0.15, -0.1) is 0 Å². The minimum Gasteiger partial charge on any atom is -0.548 e. The van der Waals surface area contributed by atoms with E-state index in [1.165, 1.54) is 23.9 Å². The van der Waals surface area contributed by atoms with Crippen LogP contribution in [0.5, 0.6) is 0 Å². The molecule has 0 bridgehead atoms. The Kier molecular flexibility index (Phi) is 7.44. The van der Waals surface area contributed by atoms with Crippen LogP contribution in [-0.2, 0) is 14.8 Å². The van der Waals surface area contributed by atoms with Crippen molar-refractivity contribution >= 4 is 33.6 Å². The van der Waals surface area contributed by atoms with Gasteiger partial charge in [0.2, 0.25) is 0 Å². The summed E-state index contributed by atoms with van der Waals surface area (Å²) in [6, 6.07) is 13.8. The number of carbonyl (C=O) groups is 1. The number of amidine groups is 1. The van der Waals surface area contributed by atoms with Crippen LogP contribution in [0.25, 0.3) is 0 Å². The van der Waals surface area contributed by atoms with E-state index >= 15 is 0 Å².